The van der Waals surface area contributed by atoms with Crippen molar-refractivity contribution in [3.63, 3.8) is 0 Å². The van der Waals surface area contributed by atoms with Crippen LogP contribution < -0.4 is 10.1 Å². The van der Waals surface area contributed by atoms with Gasteiger partial charge in [-0.2, -0.15) is 0 Å². The Bertz CT molecular complexity index is 337. The van der Waals surface area contributed by atoms with Crippen molar-refractivity contribution in [2.75, 3.05) is 12.4 Å². The fraction of sp³-hybridized carbons (Fsp3) is 0.111. The lowest BCUT2D eigenvalue weighted by Crippen LogP contribution is -2.10. The van der Waals surface area contributed by atoms with Crippen LogP contribution in [0.3, 0.4) is 0 Å². The smallest absolute Gasteiger partial charge is 0.411 e. The van der Waals surface area contributed by atoms with Crippen molar-refractivity contribution in [3.05, 3.63) is 24.3 Å². The second-order valence-electron chi connectivity index (χ2n) is 2.36. The van der Waals surface area contributed by atoms with E-state index in [0.717, 1.165) is 0 Å². The minimum absolute atomic E-state index is 0.317. The van der Waals surface area contributed by atoms with Crippen LogP contribution in [0.15, 0.2) is 24.3 Å². The van der Waals surface area contributed by atoms with E-state index in [2.05, 4.69) is 14.8 Å². The van der Waals surface area contributed by atoms with Gasteiger partial charge < -0.3 is 9.47 Å². The highest BCUT2D eigenvalue weighted by molar-refractivity contribution is 5.84. The van der Waals surface area contributed by atoms with E-state index in [1.165, 1.54) is 13.2 Å². The Kier molecular flexibility index (Phi) is 3.49. The summed E-state index contributed by atoms with van der Waals surface area (Å²) in [6.45, 7) is 0.317. The van der Waals surface area contributed by atoms with Crippen molar-refractivity contribution in [2.45, 2.75) is 0 Å². The molecule has 0 aromatic heterocycles. The van der Waals surface area contributed by atoms with Crippen LogP contribution in [0.2, 0.25) is 0 Å². The second-order valence-corrected chi connectivity index (χ2v) is 2.36. The lowest BCUT2D eigenvalue weighted by atomic mass is 10.3. The molecule has 74 valence electrons. The van der Waals surface area contributed by atoms with Gasteiger partial charge in [0.15, 0.2) is 0 Å². The first kappa shape index (κ1) is 10.0. The van der Waals surface area contributed by atoms with E-state index in [4.69, 9.17) is 0 Å². The summed E-state index contributed by atoms with van der Waals surface area (Å²) in [5.41, 5.74) is 0.496. The van der Waals surface area contributed by atoms with E-state index < -0.39 is 6.09 Å². The first-order valence-electron chi connectivity index (χ1n) is 3.81. The molecule has 1 aromatic rings. The molecular weight excluding hydrogens is 186 g/mol. The number of benzene rings is 1. The highest BCUT2D eigenvalue weighted by Crippen LogP contribution is 2.16. The van der Waals surface area contributed by atoms with Gasteiger partial charge in [0.05, 0.1) is 7.11 Å². The Morgan fingerprint density at radius 1 is 1.50 bits per heavy atom. The SMILES string of the molecule is COC(=O)Nc1cccc(OC=O)c1. The molecule has 0 heterocycles. The Balaban J connectivity index is 2.72. The van der Waals surface area contributed by atoms with Crippen molar-refractivity contribution >= 4 is 18.3 Å². The molecule has 0 spiro atoms. The van der Waals surface area contributed by atoms with Crippen LogP contribution in [0.25, 0.3) is 0 Å². The van der Waals surface area contributed by atoms with E-state index in [9.17, 15) is 9.59 Å². The number of carbonyl (C=O) groups excluding carboxylic acids is 2. The van der Waals surface area contributed by atoms with Gasteiger partial charge in [-0.1, -0.05) is 6.07 Å². The molecule has 1 N–H and O–H groups in total. The number of nitrogens with one attached hydrogen (secondary N) is 1. The summed E-state index contributed by atoms with van der Waals surface area (Å²) in [5.74, 6) is 0.355. The number of carbonyl (C=O) groups is 2. The molecule has 5 heteroatoms. The van der Waals surface area contributed by atoms with Gasteiger partial charge in [-0.05, 0) is 12.1 Å². The molecule has 0 aliphatic heterocycles. The minimum atomic E-state index is -0.576. The van der Waals surface area contributed by atoms with Crippen molar-refractivity contribution in [1.82, 2.24) is 0 Å². The number of amides is 1. The average molecular weight is 195 g/mol. The van der Waals surface area contributed by atoms with Gasteiger partial charge in [0.2, 0.25) is 0 Å². The predicted molar refractivity (Wildman–Crippen MR) is 49.2 cm³/mol. The number of rotatable bonds is 3. The molecule has 0 bridgehead atoms. The van der Waals surface area contributed by atoms with Crippen LogP contribution in [-0.2, 0) is 9.53 Å². The van der Waals surface area contributed by atoms with E-state index in [1.807, 2.05) is 0 Å². The molecule has 14 heavy (non-hydrogen) atoms. The second kappa shape index (κ2) is 4.86. The van der Waals surface area contributed by atoms with Crippen LogP contribution in [0, 0.1) is 0 Å². The molecule has 1 amide bonds. The Morgan fingerprint density at radius 3 is 2.93 bits per heavy atom. The van der Waals surface area contributed by atoms with Crippen LogP contribution in [0.5, 0.6) is 5.75 Å². The van der Waals surface area contributed by atoms with Crippen LogP contribution >= 0.6 is 0 Å². The summed E-state index contributed by atoms with van der Waals surface area (Å²) < 4.78 is 8.98. The van der Waals surface area contributed by atoms with E-state index >= 15 is 0 Å². The largest absolute Gasteiger partial charge is 0.453 e. The normalized spacial score (nSPS) is 8.93. The van der Waals surface area contributed by atoms with Gasteiger partial charge in [-0.25, -0.2) is 4.79 Å². The fourth-order valence-electron chi connectivity index (χ4n) is 0.872. The van der Waals surface area contributed by atoms with Crippen molar-refractivity contribution in [3.8, 4) is 5.75 Å². The number of anilines is 1. The molecule has 0 radical (unpaired) electrons. The summed E-state index contributed by atoms with van der Waals surface area (Å²) in [5, 5.41) is 2.43. The predicted octanol–water partition coefficient (Wildman–Crippen LogP) is 1.40. The minimum Gasteiger partial charge on any atom is -0.453 e. The molecule has 1 rings (SSSR count). The third kappa shape index (κ3) is 2.78. The van der Waals surface area contributed by atoms with Gasteiger partial charge in [0.25, 0.3) is 6.47 Å². The standard InChI is InChI=1S/C9H9NO4/c1-13-9(12)10-7-3-2-4-8(5-7)14-6-11/h2-6H,1H3,(H,10,12). The van der Waals surface area contributed by atoms with Crippen molar-refractivity contribution in [2.24, 2.45) is 0 Å². The Hall–Kier alpha value is -2.04. The molecule has 0 fully saturated rings. The summed E-state index contributed by atoms with van der Waals surface area (Å²) in [6.07, 6.45) is -0.576. The first-order chi connectivity index (χ1) is 6.76. The molecule has 0 unspecified atom stereocenters. The van der Waals surface area contributed by atoms with Gasteiger partial charge in [0, 0.05) is 11.8 Å². The molecule has 0 aliphatic rings. The number of ether oxygens (including phenoxy) is 2. The summed E-state index contributed by atoms with van der Waals surface area (Å²) >= 11 is 0. The maximum Gasteiger partial charge on any atom is 0.411 e. The third-order valence-electron chi connectivity index (χ3n) is 1.45. The topological polar surface area (TPSA) is 64.6 Å². The van der Waals surface area contributed by atoms with E-state index in [1.54, 1.807) is 18.2 Å². The van der Waals surface area contributed by atoms with Gasteiger partial charge >= 0.3 is 6.09 Å². The zero-order valence-electron chi connectivity index (χ0n) is 7.52. The molecule has 1 aromatic carbocycles. The van der Waals surface area contributed by atoms with E-state index in [-0.39, 0.29) is 0 Å². The zero-order valence-corrected chi connectivity index (χ0v) is 7.52. The van der Waals surface area contributed by atoms with E-state index in [0.29, 0.717) is 17.9 Å². The quantitative estimate of drug-likeness (QED) is 0.740. The lowest BCUT2D eigenvalue weighted by Gasteiger charge is -2.04. The third-order valence-corrected chi connectivity index (χ3v) is 1.45. The number of methoxy groups -OCH3 is 1. The number of hydrogen-bond acceptors (Lipinski definition) is 4. The van der Waals surface area contributed by atoms with Gasteiger partial charge in [0.1, 0.15) is 5.75 Å². The highest BCUT2D eigenvalue weighted by atomic mass is 16.5. The Morgan fingerprint density at radius 2 is 2.29 bits per heavy atom. The van der Waals surface area contributed by atoms with Crippen molar-refractivity contribution in [1.29, 1.82) is 0 Å². The number of hydrogen-bond donors (Lipinski definition) is 1. The van der Waals surface area contributed by atoms with Gasteiger partial charge in [-0.15, -0.1) is 0 Å². The molecule has 0 atom stereocenters. The summed E-state index contributed by atoms with van der Waals surface area (Å²) in [7, 11) is 1.26. The monoisotopic (exact) mass is 195 g/mol. The average Bonchev–Trinajstić information content (AvgIpc) is 2.19. The highest BCUT2D eigenvalue weighted by Gasteiger charge is 2.01. The lowest BCUT2D eigenvalue weighted by molar-refractivity contribution is -0.120. The summed E-state index contributed by atoms with van der Waals surface area (Å²) in [4.78, 5) is 20.8. The first-order valence-corrected chi connectivity index (χ1v) is 3.81. The Labute approximate surface area is 80.6 Å². The fourth-order valence-corrected chi connectivity index (χ4v) is 0.872. The maximum absolute atomic E-state index is 10.8. The van der Waals surface area contributed by atoms with Crippen LogP contribution in [0.1, 0.15) is 0 Å². The summed E-state index contributed by atoms with van der Waals surface area (Å²) in [6, 6.07) is 6.39. The maximum atomic E-state index is 10.8. The molecule has 5 nitrogen and oxygen atoms in total. The van der Waals surface area contributed by atoms with Crippen molar-refractivity contribution < 1.29 is 19.1 Å². The molecule has 0 saturated carbocycles. The van der Waals surface area contributed by atoms with Crippen LogP contribution in [-0.4, -0.2) is 19.7 Å². The molecule has 0 aliphatic carbocycles. The molecular formula is C9H9NO4. The molecule has 0 saturated heterocycles. The van der Waals surface area contributed by atoms with Crippen LogP contribution in [0.4, 0.5) is 10.5 Å². The zero-order chi connectivity index (χ0) is 10.4. The van der Waals surface area contributed by atoms with Gasteiger partial charge in [-0.3, -0.25) is 10.1 Å².